The van der Waals surface area contributed by atoms with Gasteiger partial charge in [0.25, 0.3) is 0 Å². The zero-order chi connectivity index (χ0) is 19.9. The first-order valence-electron chi connectivity index (χ1n) is 7.77. The highest BCUT2D eigenvalue weighted by molar-refractivity contribution is 5.89. The van der Waals surface area contributed by atoms with Crippen molar-refractivity contribution >= 4 is 23.4 Å². The van der Waals surface area contributed by atoms with Crippen molar-refractivity contribution < 1.29 is 27.5 Å². The van der Waals surface area contributed by atoms with Crippen molar-refractivity contribution in [1.82, 2.24) is 5.32 Å². The number of ether oxygens (including phenoxy) is 1. The Morgan fingerprint density at radius 3 is 2.04 bits per heavy atom. The lowest BCUT2D eigenvalue weighted by Crippen LogP contribution is -2.30. The third-order valence-corrected chi connectivity index (χ3v) is 3.27. The minimum atomic E-state index is -4.76. The van der Waals surface area contributed by atoms with Gasteiger partial charge in [-0.25, -0.2) is 9.59 Å². The highest BCUT2D eigenvalue weighted by Crippen LogP contribution is 2.23. The molecule has 0 atom stereocenters. The molecule has 0 bridgehead atoms. The van der Waals surface area contributed by atoms with Gasteiger partial charge in [0.05, 0.1) is 0 Å². The van der Waals surface area contributed by atoms with Crippen LogP contribution in [0.1, 0.15) is 5.56 Å². The van der Waals surface area contributed by atoms with E-state index in [0.29, 0.717) is 24.3 Å². The smallest absolute Gasteiger partial charge is 0.406 e. The number of halogens is 3. The number of hydrogen-bond acceptors (Lipinski definition) is 3. The van der Waals surface area contributed by atoms with Crippen molar-refractivity contribution in [2.45, 2.75) is 12.8 Å². The average molecular weight is 382 g/mol. The monoisotopic (exact) mass is 382 g/mol. The lowest BCUT2D eigenvalue weighted by atomic mass is 10.1. The van der Waals surface area contributed by atoms with E-state index < -0.39 is 18.4 Å². The second-order valence-electron chi connectivity index (χ2n) is 5.39. The van der Waals surface area contributed by atoms with E-state index >= 15 is 0 Å². The van der Waals surface area contributed by atoms with Gasteiger partial charge in [-0.2, -0.15) is 0 Å². The SMILES string of the molecule is NC(=O)Nc1ccc(CCNC(=O)Nc2ccc(OC(F)(F)F)cc2)cc1. The Balaban J connectivity index is 1.75. The minimum absolute atomic E-state index is 0.323. The molecule has 0 aliphatic heterocycles. The normalized spacial score (nSPS) is 10.8. The van der Waals surface area contributed by atoms with Gasteiger partial charge in [0.15, 0.2) is 0 Å². The molecule has 144 valence electrons. The van der Waals surface area contributed by atoms with Gasteiger partial charge in [-0.3, -0.25) is 0 Å². The summed E-state index contributed by atoms with van der Waals surface area (Å²) in [6, 6.07) is 10.6. The van der Waals surface area contributed by atoms with Crippen LogP contribution in [0.25, 0.3) is 0 Å². The van der Waals surface area contributed by atoms with E-state index in [2.05, 4.69) is 20.7 Å². The van der Waals surface area contributed by atoms with Crippen molar-refractivity contribution in [2.24, 2.45) is 5.73 Å². The van der Waals surface area contributed by atoms with Gasteiger partial charge in [0.2, 0.25) is 0 Å². The first-order valence-corrected chi connectivity index (χ1v) is 7.77. The third kappa shape index (κ3) is 7.55. The average Bonchev–Trinajstić information content (AvgIpc) is 2.56. The van der Waals surface area contributed by atoms with E-state index in [-0.39, 0.29) is 5.75 Å². The van der Waals surface area contributed by atoms with E-state index in [4.69, 9.17) is 5.73 Å². The molecular formula is C17H17F3N4O3. The number of primary amides is 1. The molecule has 0 saturated heterocycles. The number of carbonyl (C=O) groups excluding carboxylic acids is 2. The predicted octanol–water partition coefficient (Wildman–Crippen LogP) is 3.44. The number of nitrogens with one attached hydrogen (secondary N) is 3. The Hall–Kier alpha value is -3.43. The fourth-order valence-electron chi connectivity index (χ4n) is 2.13. The maximum Gasteiger partial charge on any atom is 0.573 e. The summed E-state index contributed by atoms with van der Waals surface area (Å²) in [5.74, 6) is -0.372. The first-order chi connectivity index (χ1) is 12.7. The summed E-state index contributed by atoms with van der Waals surface area (Å²) >= 11 is 0. The number of rotatable bonds is 6. The van der Waals surface area contributed by atoms with Gasteiger partial charge in [0, 0.05) is 17.9 Å². The number of amides is 4. The van der Waals surface area contributed by atoms with Crippen LogP contribution in [-0.2, 0) is 6.42 Å². The third-order valence-electron chi connectivity index (χ3n) is 3.27. The second-order valence-corrected chi connectivity index (χ2v) is 5.39. The number of anilines is 2. The van der Waals surface area contributed by atoms with Gasteiger partial charge in [-0.1, -0.05) is 12.1 Å². The molecule has 7 nitrogen and oxygen atoms in total. The van der Waals surface area contributed by atoms with Gasteiger partial charge in [0.1, 0.15) is 5.75 Å². The molecule has 0 fully saturated rings. The van der Waals surface area contributed by atoms with Gasteiger partial charge in [-0.05, 0) is 48.4 Å². The van der Waals surface area contributed by atoms with Crippen molar-refractivity contribution in [3.8, 4) is 5.75 Å². The van der Waals surface area contributed by atoms with E-state index in [0.717, 1.165) is 17.7 Å². The van der Waals surface area contributed by atoms with Gasteiger partial charge >= 0.3 is 18.4 Å². The predicted molar refractivity (Wildman–Crippen MR) is 93.5 cm³/mol. The molecule has 0 heterocycles. The summed E-state index contributed by atoms with van der Waals surface area (Å²) in [5, 5.41) is 7.57. The molecule has 0 aromatic heterocycles. The van der Waals surface area contributed by atoms with Crippen LogP contribution in [0, 0.1) is 0 Å². The van der Waals surface area contributed by atoms with Crippen LogP contribution >= 0.6 is 0 Å². The molecule has 27 heavy (non-hydrogen) atoms. The lowest BCUT2D eigenvalue weighted by molar-refractivity contribution is -0.274. The minimum Gasteiger partial charge on any atom is -0.406 e. The standard InChI is InChI=1S/C17H17F3N4O3/c18-17(19,20)27-14-7-5-13(6-8-14)24-16(26)22-10-9-11-1-3-12(4-2-11)23-15(21)25/h1-8H,9-10H2,(H3,21,23,25)(H2,22,24,26). The summed E-state index contributed by atoms with van der Waals surface area (Å²) in [6.07, 6.45) is -4.22. The number of urea groups is 2. The van der Waals surface area contributed by atoms with Crippen LogP contribution in [0.2, 0.25) is 0 Å². The highest BCUT2D eigenvalue weighted by atomic mass is 19.4. The van der Waals surface area contributed by atoms with E-state index in [1.54, 1.807) is 24.3 Å². The molecule has 0 radical (unpaired) electrons. The molecule has 0 spiro atoms. The van der Waals surface area contributed by atoms with Crippen molar-refractivity contribution in [3.63, 3.8) is 0 Å². The van der Waals surface area contributed by atoms with E-state index in [9.17, 15) is 22.8 Å². The Kier molecular flexibility index (Phi) is 6.47. The maximum atomic E-state index is 12.1. The summed E-state index contributed by atoms with van der Waals surface area (Å²) in [7, 11) is 0. The fourth-order valence-corrected chi connectivity index (χ4v) is 2.13. The molecule has 0 unspecified atom stereocenters. The molecule has 2 aromatic carbocycles. The largest absolute Gasteiger partial charge is 0.573 e. The van der Waals surface area contributed by atoms with Gasteiger partial charge in [-0.15, -0.1) is 13.2 Å². The topological polar surface area (TPSA) is 105 Å². The molecular weight excluding hydrogens is 365 g/mol. The summed E-state index contributed by atoms with van der Waals surface area (Å²) in [4.78, 5) is 22.5. The van der Waals surface area contributed by atoms with Crippen LogP contribution in [0.3, 0.4) is 0 Å². The van der Waals surface area contributed by atoms with Gasteiger partial charge < -0.3 is 26.4 Å². The molecule has 10 heteroatoms. The first kappa shape index (κ1) is 19.9. The number of alkyl halides is 3. The Bertz CT molecular complexity index is 778. The second kappa shape index (κ2) is 8.79. The van der Waals surface area contributed by atoms with Crippen LogP contribution in [0.4, 0.5) is 34.1 Å². The molecule has 5 N–H and O–H groups in total. The van der Waals surface area contributed by atoms with Crippen LogP contribution in [0.5, 0.6) is 5.75 Å². The highest BCUT2D eigenvalue weighted by Gasteiger charge is 2.30. The van der Waals surface area contributed by atoms with E-state index in [1.165, 1.54) is 12.1 Å². The lowest BCUT2D eigenvalue weighted by Gasteiger charge is -2.10. The van der Waals surface area contributed by atoms with Crippen molar-refractivity contribution in [3.05, 3.63) is 54.1 Å². The molecule has 2 rings (SSSR count). The molecule has 0 aliphatic rings. The molecule has 0 saturated carbocycles. The quantitative estimate of drug-likeness (QED) is 0.615. The summed E-state index contributed by atoms with van der Waals surface area (Å²) < 4.78 is 40.0. The zero-order valence-electron chi connectivity index (χ0n) is 14.0. The summed E-state index contributed by atoms with van der Waals surface area (Å²) in [5.41, 5.74) is 6.83. The number of hydrogen-bond donors (Lipinski definition) is 4. The number of carbonyl (C=O) groups is 2. The molecule has 2 aromatic rings. The molecule has 4 amide bonds. The van der Waals surface area contributed by atoms with Crippen LogP contribution < -0.4 is 26.4 Å². The Labute approximate surface area is 152 Å². The maximum absolute atomic E-state index is 12.1. The molecule has 0 aliphatic carbocycles. The number of benzene rings is 2. The van der Waals surface area contributed by atoms with Crippen molar-refractivity contribution in [2.75, 3.05) is 17.2 Å². The van der Waals surface area contributed by atoms with E-state index in [1.807, 2.05) is 0 Å². The van der Waals surface area contributed by atoms with Crippen LogP contribution in [-0.4, -0.2) is 25.0 Å². The Morgan fingerprint density at radius 1 is 0.926 bits per heavy atom. The van der Waals surface area contributed by atoms with Crippen molar-refractivity contribution in [1.29, 1.82) is 0 Å². The fraction of sp³-hybridized carbons (Fsp3) is 0.176. The van der Waals surface area contributed by atoms with Crippen LogP contribution in [0.15, 0.2) is 48.5 Å². The Morgan fingerprint density at radius 2 is 1.48 bits per heavy atom. The number of nitrogens with two attached hydrogens (primary N) is 1. The summed E-state index contributed by atoms with van der Waals surface area (Å²) in [6.45, 7) is 0.337. The zero-order valence-corrected chi connectivity index (χ0v) is 14.0.